The van der Waals surface area contributed by atoms with E-state index < -0.39 is 11.6 Å². The Bertz CT molecular complexity index is 331. The third kappa shape index (κ3) is 3.76. The van der Waals surface area contributed by atoms with Gasteiger partial charge in [-0.3, -0.25) is 0 Å². The molecule has 0 saturated carbocycles. The molecule has 0 saturated heterocycles. The largest absolute Gasteiger partial charge is 0.312 e. The zero-order chi connectivity index (χ0) is 12.0. The van der Waals surface area contributed by atoms with Gasteiger partial charge in [-0.1, -0.05) is 13.0 Å². The molecule has 0 aliphatic carbocycles. The molecule has 0 bridgehead atoms. The minimum Gasteiger partial charge on any atom is -0.312 e. The fraction of sp³-hybridized carbons (Fsp3) is 0.500. The van der Waals surface area contributed by atoms with Crippen molar-refractivity contribution in [3.63, 3.8) is 0 Å². The van der Waals surface area contributed by atoms with Crippen LogP contribution in [0.5, 0.6) is 0 Å². The van der Waals surface area contributed by atoms with Crippen LogP contribution >= 0.6 is 11.8 Å². The van der Waals surface area contributed by atoms with E-state index in [1.807, 2.05) is 0 Å². The minimum absolute atomic E-state index is 0.0582. The molecule has 1 aromatic rings. The maximum atomic E-state index is 13.5. The third-order valence-corrected chi connectivity index (χ3v) is 3.59. The zero-order valence-corrected chi connectivity index (χ0v) is 10.4. The molecule has 0 aliphatic rings. The van der Waals surface area contributed by atoms with Crippen molar-refractivity contribution in [1.29, 1.82) is 0 Å². The van der Waals surface area contributed by atoms with Gasteiger partial charge in [-0.05, 0) is 25.3 Å². The highest BCUT2D eigenvalue weighted by atomic mass is 32.2. The minimum atomic E-state index is -0.530. The number of hydrogen-bond donors (Lipinski definition) is 1. The Kier molecular flexibility index (Phi) is 5.77. The standard InChI is InChI=1S/C12H17F2NS/c1-3-6-16-8-12(15-2)10-5-4-9(13)7-11(10)14/h4-5,7,12,15H,3,6,8H2,1-2H3. The Balaban J connectivity index is 2.70. The predicted molar refractivity (Wildman–Crippen MR) is 65.8 cm³/mol. The lowest BCUT2D eigenvalue weighted by Gasteiger charge is -2.16. The topological polar surface area (TPSA) is 12.0 Å². The Morgan fingerprint density at radius 3 is 2.69 bits per heavy atom. The summed E-state index contributed by atoms with van der Waals surface area (Å²) < 4.78 is 26.3. The normalized spacial score (nSPS) is 12.8. The smallest absolute Gasteiger partial charge is 0.130 e. The van der Waals surface area contributed by atoms with Crippen LogP contribution < -0.4 is 5.32 Å². The number of hydrogen-bond acceptors (Lipinski definition) is 2. The summed E-state index contributed by atoms with van der Waals surface area (Å²) >= 11 is 1.77. The molecule has 1 unspecified atom stereocenters. The van der Waals surface area contributed by atoms with Crippen molar-refractivity contribution >= 4 is 11.8 Å². The van der Waals surface area contributed by atoms with Gasteiger partial charge in [-0.25, -0.2) is 8.78 Å². The van der Waals surface area contributed by atoms with Gasteiger partial charge >= 0.3 is 0 Å². The second-order valence-electron chi connectivity index (χ2n) is 3.58. The highest BCUT2D eigenvalue weighted by molar-refractivity contribution is 7.99. The average molecular weight is 245 g/mol. The fourth-order valence-corrected chi connectivity index (χ4v) is 2.50. The monoisotopic (exact) mass is 245 g/mol. The van der Waals surface area contributed by atoms with E-state index in [1.165, 1.54) is 12.1 Å². The van der Waals surface area contributed by atoms with E-state index in [9.17, 15) is 8.78 Å². The fourth-order valence-electron chi connectivity index (χ4n) is 1.46. The van der Waals surface area contributed by atoms with Crippen LogP contribution in [0.15, 0.2) is 18.2 Å². The van der Waals surface area contributed by atoms with Crippen LogP contribution in [0.4, 0.5) is 8.78 Å². The molecule has 1 rings (SSSR count). The summed E-state index contributed by atoms with van der Waals surface area (Å²) in [4.78, 5) is 0. The van der Waals surface area contributed by atoms with Crippen molar-refractivity contribution in [2.75, 3.05) is 18.6 Å². The van der Waals surface area contributed by atoms with Crippen LogP contribution in [0.3, 0.4) is 0 Å². The van der Waals surface area contributed by atoms with Gasteiger partial charge in [0.15, 0.2) is 0 Å². The Labute approximate surface area is 99.6 Å². The van der Waals surface area contributed by atoms with Crippen molar-refractivity contribution in [1.82, 2.24) is 5.32 Å². The molecule has 1 atom stereocenters. The summed E-state index contributed by atoms with van der Waals surface area (Å²) in [5.74, 6) is 0.849. The third-order valence-electron chi connectivity index (χ3n) is 2.32. The van der Waals surface area contributed by atoms with Crippen LogP contribution in [0.25, 0.3) is 0 Å². The second kappa shape index (κ2) is 6.86. The van der Waals surface area contributed by atoms with Crippen molar-refractivity contribution in [3.05, 3.63) is 35.4 Å². The van der Waals surface area contributed by atoms with Gasteiger partial charge in [0.1, 0.15) is 11.6 Å². The molecule has 1 aromatic carbocycles. The first-order valence-corrected chi connectivity index (χ1v) is 6.54. The van der Waals surface area contributed by atoms with Gasteiger partial charge in [-0.15, -0.1) is 0 Å². The summed E-state index contributed by atoms with van der Waals surface area (Å²) in [5.41, 5.74) is 0.535. The number of halogens is 2. The predicted octanol–water partition coefficient (Wildman–Crippen LogP) is 3.37. The van der Waals surface area contributed by atoms with E-state index in [0.717, 1.165) is 24.0 Å². The van der Waals surface area contributed by atoms with E-state index in [2.05, 4.69) is 12.2 Å². The number of thioether (sulfide) groups is 1. The second-order valence-corrected chi connectivity index (χ2v) is 4.73. The molecular formula is C12H17F2NS. The van der Waals surface area contributed by atoms with Crippen LogP contribution in [0.1, 0.15) is 24.9 Å². The van der Waals surface area contributed by atoms with Crippen molar-refractivity contribution in [3.8, 4) is 0 Å². The summed E-state index contributed by atoms with van der Waals surface area (Å²) in [5, 5.41) is 3.05. The highest BCUT2D eigenvalue weighted by Gasteiger charge is 2.14. The number of nitrogens with one attached hydrogen (secondary N) is 1. The van der Waals surface area contributed by atoms with E-state index >= 15 is 0 Å². The van der Waals surface area contributed by atoms with Gasteiger partial charge in [-0.2, -0.15) is 11.8 Å². The molecule has 0 amide bonds. The van der Waals surface area contributed by atoms with Gasteiger partial charge in [0.05, 0.1) is 0 Å². The first-order valence-electron chi connectivity index (χ1n) is 5.39. The lowest BCUT2D eigenvalue weighted by atomic mass is 10.1. The lowest BCUT2D eigenvalue weighted by molar-refractivity contribution is 0.545. The van der Waals surface area contributed by atoms with Gasteiger partial charge in [0.2, 0.25) is 0 Å². The molecule has 0 aliphatic heterocycles. The first-order chi connectivity index (χ1) is 7.69. The molecule has 0 radical (unpaired) electrons. The molecular weight excluding hydrogens is 228 g/mol. The molecule has 0 aromatic heterocycles. The maximum absolute atomic E-state index is 13.5. The molecule has 0 fully saturated rings. The molecule has 16 heavy (non-hydrogen) atoms. The van der Waals surface area contributed by atoms with Crippen LogP contribution in [-0.2, 0) is 0 Å². The van der Waals surface area contributed by atoms with Crippen molar-refractivity contribution < 1.29 is 8.78 Å². The SMILES string of the molecule is CCCSCC(NC)c1ccc(F)cc1F. The van der Waals surface area contributed by atoms with E-state index in [-0.39, 0.29) is 6.04 Å². The molecule has 4 heteroatoms. The van der Waals surface area contributed by atoms with Gasteiger partial charge in [0, 0.05) is 23.4 Å². The number of rotatable bonds is 6. The summed E-state index contributed by atoms with van der Waals surface area (Å²) in [6, 6.07) is 3.69. The van der Waals surface area contributed by atoms with Crippen LogP contribution in [0.2, 0.25) is 0 Å². The van der Waals surface area contributed by atoms with E-state index in [0.29, 0.717) is 5.56 Å². The van der Waals surface area contributed by atoms with E-state index in [4.69, 9.17) is 0 Å². The average Bonchev–Trinajstić information content (AvgIpc) is 2.26. The van der Waals surface area contributed by atoms with Gasteiger partial charge < -0.3 is 5.32 Å². The van der Waals surface area contributed by atoms with E-state index in [1.54, 1.807) is 18.8 Å². The quantitative estimate of drug-likeness (QED) is 0.771. The Hall–Kier alpha value is -0.610. The summed E-state index contributed by atoms with van der Waals surface area (Å²) in [6.45, 7) is 2.11. The van der Waals surface area contributed by atoms with Crippen molar-refractivity contribution in [2.24, 2.45) is 0 Å². The molecule has 1 N–H and O–H groups in total. The molecule has 90 valence electrons. The van der Waals surface area contributed by atoms with Crippen molar-refractivity contribution in [2.45, 2.75) is 19.4 Å². The molecule has 0 heterocycles. The molecule has 1 nitrogen and oxygen atoms in total. The zero-order valence-electron chi connectivity index (χ0n) is 9.59. The lowest BCUT2D eigenvalue weighted by Crippen LogP contribution is -2.20. The summed E-state index contributed by atoms with van der Waals surface area (Å²) in [6.07, 6.45) is 1.10. The van der Waals surface area contributed by atoms with Crippen LogP contribution in [-0.4, -0.2) is 18.6 Å². The highest BCUT2D eigenvalue weighted by Crippen LogP contribution is 2.21. The summed E-state index contributed by atoms with van der Waals surface area (Å²) in [7, 11) is 1.79. The van der Waals surface area contributed by atoms with Crippen LogP contribution in [0, 0.1) is 11.6 Å². The Morgan fingerprint density at radius 1 is 1.38 bits per heavy atom. The first kappa shape index (κ1) is 13.5. The number of benzene rings is 1. The maximum Gasteiger partial charge on any atom is 0.130 e. The Morgan fingerprint density at radius 2 is 2.12 bits per heavy atom. The molecule has 0 spiro atoms. The van der Waals surface area contributed by atoms with Gasteiger partial charge in [0.25, 0.3) is 0 Å².